The van der Waals surface area contributed by atoms with Gasteiger partial charge in [-0.1, -0.05) is 30.3 Å². The van der Waals surface area contributed by atoms with Gasteiger partial charge in [0.05, 0.1) is 0 Å². The molecule has 2 heterocycles. The van der Waals surface area contributed by atoms with Gasteiger partial charge in [-0.3, -0.25) is 9.69 Å². The third-order valence-corrected chi connectivity index (χ3v) is 5.85. The lowest BCUT2D eigenvalue weighted by Gasteiger charge is -2.29. The van der Waals surface area contributed by atoms with Crippen molar-refractivity contribution in [1.29, 1.82) is 0 Å². The van der Waals surface area contributed by atoms with Crippen LogP contribution in [0.1, 0.15) is 37.7 Å². The fraction of sp³-hybridized carbons (Fsp3) is 0.417. The summed E-state index contributed by atoms with van der Waals surface area (Å²) in [5, 5.41) is 2.97. The van der Waals surface area contributed by atoms with E-state index in [0.29, 0.717) is 13.0 Å². The number of carbonyl (C=O) groups excluding carboxylic acids is 2. The number of nitrogens with one attached hydrogen (secondary N) is 1. The van der Waals surface area contributed by atoms with Crippen LogP contribution >= 0.6 is 0 Å². The minimum atomic E-state index is -0.491. The Balaban J connectivity index is 1.32. The molecule has 6 nitrogen and oxygen atoms in total. The number of benzene rings is 2. The van der Waals surface area contributed by atoms with E-state index < -0.39 is 12.1 Å². The molecule has 2 aliphatic heterocycles. The Morgan fingerprint density at radius 1 is 0.900 bits per heavy atom. The van der Waals surface area contributed by atoms with Crippen LogP contribution in [0.15, 0.2) is 54.6 Å². The Bertz CT molecular complexity index is 848. The monoisotopic (exact) mass is 407 g/mol. The van der Waals surface area contributed by atoms with Crippen LogP contribution in [-0.4, -0.2) is 42.6 Å². The summed E-state index contributed by atoms with van der Waals surface area (Å²) >= 11 is 0. The number of nitrogens with zero attached hydrogens (tertiary/aromatic N) is 2. The molecule has 4 rings (SSSR count). The second-order valence-electron chi connectivity index (χ2n) is 7.98. The van der Waals surface area contributed by atoms with Gasteiger partial charge >= 0.3 is 6.09 Å². The Morgan fingerprint density at radius 3 is 2.37 bits per heavy atom. The summed E-state index contributed by atoms with van der Waals surface area (Å²) in [5.41, 5.74) is 2.88. The minimum Gasteiger partial charge on any atom is -0.445 e. The molecule has 0 aromatic heterocycles. The highest BCUT2D eigenvalue weighted by atomic mass is 16.6. The number of ether oxygens (including phenoxy) is 1. The first kappa shape index (κ1) is 20.3. The van der Waals surface area contributed by atoms with E-state index in [4.69, 9.17) is 4.74 Å². The third-order valence-electron chi connectivity index (χ3n) is 5.85. The third kappa shape index (κ3) is 4.93. The van der Waals surface area contributed by atoms with E-state index in [2.05, 4.69) is 22.3 Å². The number of hydrogen-bond donors (Lipinski definition) is 1. The second-order valence-corrected chi connectivity index (χ2v) is 7.98. The van der Waals surface area contributed by atoms with E-state index in [9.17, 15) is 9.59 Å². The summed E-state index contributed by atoms with van der Waals surface area (Å²) in [6.07, 6.45) is 4.78. The maximum absolute atomic E-state index is 12.8. The van der Waals surface area contributed by atoms with Crippen molar-refractivity contribution in [3.63, 3.8) is 0 Å². The highest BCUT2D eigenvalue weighted by molar-refractivity contribution is 5.97. The van der Waals surface area contributed by atoms with Crippen molar-refractivity contribution >= 4 is 23.4 Å². The van der Waals surface area contributed by atoms with Crippen molar-refractivity contribution in [3.8, 4) is 0 Å². The van der Waals surface area contributed by atoms with E-state index in [1.165, 1.54) is 24.9 Å². The molecule has 2 fully saturated rings. The Kier molecular flexibility index (Phi) is 6.52. The number of rotatable bonds is 5. The summed E-state index contributed by atoms with van der Waals surface area (Å²) in [6, 6.07) is 17.1. The van der Waals surface area contributed by atoms with Crippen molar-refractivity contribution in [3.05, 3.63) is 60.2 Å². The molecule has 2 saturated heterocycles. The molecule has 158 valence electrons. The number of amides is 2. The van der Waals surface area contributed by atoms with Gasteiger partial charge in [-0.05, 0) is 61.9 Å². The molecule has 1 atom stereocenters. The van der Waals surface area contributed by atoms with Crippen molar-refractivity contribution in [1.82, 2.24) is 4.90 Å². The van der Waals surface area contributed by atoms with E-state index >= 15 is 0 Å². The molecule has 0 saturated carbocycles. The molecular formula is C24H29N3O3. The molecule has 0 radical (unpaired) electrons. The fourth-order valence-corrected chi connectivity index (χ4v) is 4.19. The molecule has 1 N–H and O–H groups in total. The maximum atomic E-state index is 12.8. The molecular weight excluding hydrogens is 378 g/mol. The van der Waals surface area contributed by atoms with Gasteiger partial charge in [0.15, 0.2) is 0 Å². The van der Waals surface area contributed by atoms with Crippen LogP contribution in [-0.2, 0) is 16.1 Å². The quantitative estimate of drug-likeness (QED) is 0.797. The zero-order valence-corrected chi connectivity index (χ0v) is 17.3. The normalized spacial score (nSPS) is 18.9. The highest BCUT2D eigenvalue weighted by Gasteiger charge is 2.35. The highest BCUT2D eigenvalue weighted by Crippen LogP contribution is 2.24. The predicted octanol–water partition coefficient (Wildman–Crippen LogP) is 4.42. The van der Waals surface area contributed by atoms with Gasteiger partial charge in [-0.25, -0.2) is 4.79 Å². The Labute approximate surface area is 177 Å². The number of anilines is 2. The van der Waals surface area contributed by atoms with Gasteiger partial charge in [0.1, 0.15) is 12.6 Å². The topological polar surface area (TPSA) is 61.9 Å². The van der Waals surface area contributed by atoms with Gasteiger partial charge < -0.3 is 15.0 Å². The van der Waals surface area contributed by atoms with Crippen LogP contribution in [0.25, 0.3) is 0 Å². The van der Waals surface area contributed by atoms with Crippen LogP contribution in [0.3, 0.4) is 0 Å². The maximum Gasteiger partial charge on any atom is 0.410 e. The number of carbonyl (C=O) groups is 2. The van der Waals surface area contributed by atoms with Crippen LogP contribution in [0.2, 0.25) is 0 Å². The second kappa shape index (κ2) is 9.65. The van der Waals surface area contributed by atoms with Gasteiger partial charge in [0, 0.05) is 31.0 Å². The van der Waals surface area contributed by atoms with E-state index in [-0.39, 0.29) is 12.5 Å². The van der Waals surface area contributed by atoms with Gasteiger partial charge in [-0.15, -0.1) is 0 Å². The number of piperidine rings is 1. The van der Waals surface area contributed by atoms with Gasteiger partial charge in [0.2, 0.25) is 5.91 Å². The molecule has 2 aromatic carbocycles. The lowest BCUT2D eigenvalue weighted by atomic mass is 10.1. The SMILES string of the molecule is O=C(Nc1ccc(N2CCCCC2)cc1)C1CCCN1C(=O)OCc1ccccc1. The van der Waals surface area contributed by atoms with Crippen LogP contribution in [0.4, 0.5) is 16.2 Å². The van der Waals surface area contributed by atoms with Crippen LogP contribution in [0, 0.1) is 0 Å². The molecule has 0 aliphatic carbocycles. The molecule has 30 heavy (non-hydrogen) atoms. The molecule has 1 unspecified atom stereocenters. The number of hydrogen-bond acceptors (Lipinski definition) is 4. The standard InChI is InChI=1S/C24H29N3O3/c28-23(25-20-11-13-21(14-12-20)26-15-5-2-6-16-26)22-10-7-17-27(22)24(29)30-18-19-8-3-1-4-9-19/h1,3-4,8-9,11-14,22H,2,5-7,10,15-18H2,(H,25,28). The summed E-state index contributed by atoms with van der Waals surface area (Å²) in [6.45, 7) is 2.93. The van der Waals surface area contributed by atoms with Crippen LogP contribution in [0.5, 0.6) is 0 Å². The average molecular weight is 408 g/mol. The molecule has 2 aliphatic rings. The lowest BCUT2D eigenvalue weighted by molar-refractivity contribution is -0.120. The summed E-state index contributed by atoms with van der Waals surface area (Å²) in [5.74, 6) is -0.158. The summed E-state index contributed by atoms with van der Waals surface area (Å²) in [4.78, 5) is 29.3. The smallest absolute Gasteiger partial charge is 0.410 e. The van der Waals surface area contributed by atoms with Gasteiger partial charge in [0.25, 0.3) is 0 Å². The lowest BCUT2D eigenvalue weighted by Crippen LogP contribution is -2.43. The van der Waals surface area contributed by atoms with E-state index in [1.54, 1.807) is 4.90 Å². The minimum absolute atomic E-state index is 0.158. The average Bonchev–Trinajstić information content (AvgIpc) is 3.30. The zero-order valence-electron chi connectivity index (χ0n) is 17.3. The van der Waals surface area contributed by atoms with Crippen molar-refractivity contribution < 1.29 is 14.3 Å². The molecule has 0 bridgehead atoms. The molecule has 2 aromatic rings. The summed E-state index contributed by atoms with van der Waals surface area (Å²) < 4.78 is 5.43. The Hall–Kier alpha value is -3.02. The Morgan fingerprint density at radius 2 is 1.63 bits per heavy atom. The largest absolute Gasteiger partial charge is 0.445 e. The molecule has 0 spiro atoms. The first-order valence-electron chi connectivity index (χ1n) is 10.8. The van der Waals surface area contributed by atoms with Crippen molar-refractivity contribution in [2.75, 3.05) is 29.9 Å². The van der Waals surface area contributed by atoms with E-state index in [0.717, 1.165) is 30.8 Å². The predicted molar refractivity (Wildman–Crippen MR) is 117 cm³/mol. The van der Waals surface area contributed by atoms with E-state index in [1.807, 2.05) is 42.5 Å². The van der Waals surface area contributed by atoms with Gasteiger partial charge in [-0.2, -0.15) is 0 Å². The number of likely N-dealkylation sites (tertiary alicyclic amines) is 1. The first-order valence-corrected chi connectivity index (χ1v) is 10.8. The van der Waals surface area contributed by atoms with Crippen molar-refractivity contribution in [2.45, 2.75) is 44.8 Å². The van der Waals surface area contributed by atoms with Crippen LogP contribution < -0.4 is 10.2 Å². The fourth-order valence-electron chi connectivity index (χ4n) is 4.19. The zero-order chi connectivity index (χ0) is 20.8. The molecule has 2 amide bonds. The molecule has 6 heteroatoms. The van der Waals surface area contributed by atoms with Crippen molar-refractivity contribution in [2.24, 2.45) is 0 Å². The summed E-state index contributed by atoms with van der Waals surface area (Å²) in [7, 11) is 0. The first-order chi connectivity index (χ1) is 14.7.